The van der Waals surface area contributed by atoms with Crippen LogP contribution in [0.4, 0.5) is 4.79 Å². The molecule has 8 nitrogen and oxygen atoms in total. The highest BCUT2D eigenvalue weighted by Gasteiger charge is 2.42. The van der Waals surface area contributed by atoms with E-state index in [1.165, 1.54) is 7.05 Å². The van der Waals surface area contributed by atoms with Crippen molar-refractivity contribution in [3.63, 3.8) is 0 Å². The van der Waals surface area contributed by atoms with Gasteiger partial charge in [0.1, 0.15) is 6.54 Å². The van der Waals surface area contributed by atoms with Crippen molar-refractivity contribution in [3.05, 3.63) is 35.9 Å². The van der Waals surface area contributed by atoms with E-state index in [4.69, 9.17) is 5.73 Å². The predicted octanol–water partition coefficient (Wildman–Crippen LogP) is -0.777. The zero-order chi connectivity index (χ0) is 16.3. The van der Waals surface area contributed by atoms with Crippen molar-refractivity contribution >= 4 is 23.8 Å². The maximum Gasteiger partial charge on any atom is 0.334 e. The van der Waals surface area contributed by atoms with E-state index < -0.39 is 36.3 Å². The molecule has 8 heteroatoms. The number of imide groups is 2. The van der Waals surface area contributed by atoms with Crippen molar-refractivity contribution < 1.29 is 19.2 Å². The second-order valence-electron chi connectivity index (χ2n) is 4.86. The number of rotatable bonds is 5. The van der Waals surface area contributed by atoms with Crippen molar-refractivity contribution in [2.45, 2.75) is 6.04 Å². The maximum absolute atomic E-state index is 11.8. The zero-order valence-corrected chi connectivity index (χ0v) is 12.0. The van der Waals surface area contributed by atoms with E-state index in [0.29, 0.717) is 9.80 Å². The van der Waals surface area contributed by atoms with Crippen LogP contribution in [0.25, 0.3) is 0 Å². The second kappa shape index (κ2) is 6.35. The maximum atomic E-state index is 11.8. The third kappa shape index (κ3) is 3.12. The van der Waals surface area contributed by atoms with Gasteiger partial charge in [0.05, 0.1) is 0 Å². The molecular formula is C14H16N4O4. The summed E-state index contributed by atoms with van der Waals surface area (Å²) in [6.07, 6.45) is 0. The zero-order valence-electron chi connectivity index (χ0n) is 12.0. The minimum Gasteiger partial charge on any atom is -0.353 e. The van der Waals surface area contributed by atoms with Crippen molar-refractivity contribution in [2.24, 2.45) is 5.73 Å². The van der Waals surface area contributed by atoms with Crippen LogP contribution < -0.4 is 11.1 Å². The molecule has 1 heterocycles. The standard InChI is InChI=1S/C14H16N4O4/c1-17-12(20)13(21)18(14(17)22)8-11(19)16-7-10(15)9-5-3-2-4-6-9/h2-6,10H,7-8,15H2,1H3,(H,16,19). The predicted molar refractivity (Wildman–Crippen MR) is 76.3 cm³/mol. The monoisotopic (exact) mass is 304 g/mol. The fraction of sp³-hybridized carbons (Fsp3) is 0.286. The van der Waals surface area contributed by atoms with Gasteiger partial charge in [-0.1, -0.05) is 30.3 Å². The molecule has 1 aliphatic heterocycles. The number of nitrogens with zero attached hydrogens (tertiary/aromatic N) is 2. The Hall–Kier alpha value is -2.74. The molecule has 1 atom stereocenters. The summed E-state index contributed by atoms with van der Waals surface area (Å²) in [5, 5.41) is 2.54. The van der Waals surface area contributed by atoms with Crippen LogP contribution in [0.2, 0.25) is 0 Å². The lowest BCUT2D eigenvalue weighted by Gasteiger charge is -2.15. The third-order valence-corrected chi connectivity index (χ3v) is 3.30. The molecule has 0 aliphatic carbocycles. The van der Waals surface area contributed by atoms with Gasteiger partial charge >= 0.3 is 17.8 Å². The van der Waals surface area contributed by atoms with E-state index in [1.54, 1.807) is 0 Å². The van der Waals surface area contributed by atoms with Gasteiger partial charge in [-0.15, -0.1) is 0 Å². The molecule has 5 amide bonds. The topological polar surface area (TPSA) is 113 Å². The fourth-order valence-electron chi connectivity index (χ4n) is 1.99. The minimum atomic E-state index is -1.00. The first-order chi connectivity index (χ1) is 10.4. The number of hydrogen-bond donors (Lipinski definition) is 2. The van der Waals surface area contributed by atoms with E-state index in [9.17, 15) is 19.2 Å². The van der Waals surface area contributed by atoms with E-state index in [1.807, 2.05) is 30.3 Å². The van der Waals surface area contributed by atoms with Crippen LogP contribution in [0.15, 0.2) is 30.3 Å². The van der Waals surface area contributed by atoms with Gasteiger partial charge < -0.3 is 11.1 Å². The molecule has 0 radical (unpaired) electrons. The van der Waals surface area contributed by atoms with Crippen LogP contribution in [0, 0.1) is 0 Å². The number of benzene rings is 1. The number of nitrogens with two attached hydrogens (primary N) is 1. The van der Waals surface area contributed by atoms with Crippen LogP contribution >= 0.6 is 0 Å². The minimum absolute atomic E-state index is 0.156. The summed E-state index contributed by atoms with van der Waals surface area (Å²) in [4.78, 5) is 47.5. The molecular weight excluding hydrogens is 288 g/mol. The Kier molecular flexibility index (Phi) is 4.52. The molecule has 2 rings (SSSR count). The molecule has 1 fully saturated rings. The molecule has 3 N–H and O–H groups in total. The number of carbonyl (C=O) groups excluding carboxylic acids is 4. The molecule has 22 heavy (non-hydrogen) atoms. The smallest absolute Gasteiger partial charge is 0.334 e. The summed E-state index contributed by atoms with van der Waals surface area (Å²) in [6.45, 7) is -0.349. The Bertz CT molecular complexity index is 617. The average molecular weight is 304 g/mol. The lowest BCUT2D eigenvalue weighted by Crippen LogP contribution is -2.42. The van der Waals surface area contributed by atoms with Gasteiger partial charge in [-0.3, -0.25) is 19.3 Å². The van der Waals surface area contributed by atoms with Crippen molar-refractivity contribution in [1.82, 2.24) is 15.1 Å². The summed E-state index contributed by atoms with van der Waals surface area (Å²) in [7, 11) is 1.19. The Morgan fingerprint density at radius 1 is 1.18 bits per heavy atom. The van der Waals surface area contributed by atoms with Crippen molar-refractivity contribution in [2.75, 3.05) is 20.1 Å². The molecule has 1 aromatic rings. The highest BCUT2D eigenvalue weighted by atomic mass is 16.2. The number of amides is 5. The summed E-state index contributed by atoms with van der Waals surface area (Å²) in [5.74, 6) is -2.51. The molecule has 0 bridgehead atoms. The molecule has 0 saturated carbocycles. The second-order valence-corrected chi connectivity index (χ2v) is 4.86. The first kappa shape index (κ1) is 15.6. The number of nitrogens with one attached hydrogen (secondary N) is 1. The molecule has 1 saturated heterocycles. The quantitative estimate of drug-likeness (QED) is 0.547. The van der Waals surface area contributed by atoms with Gasteiger partial charge in [-0.2, -0.15) is 0 Å². The van der Waals surface area contributed by atoms with Gasteiger partial charge in [0.15, 0.2) is 0 Å². The number of urea groups is 1. The summed E-state index contributed by atoms with van der Waals surface area (Å²) < 4.78 is 0. The number of hydrogen-bond acceptors (Lipinski definition) is 5. The van der Waals surface area contributed by atoms with Crippen LogP contribution in [0.5, 0.6) is 0 Å². The molecule has 1 aliphatic rings. The summed E-state index contributed by atoms with van der Waals surface area (Å²) >= 11 is 0. The fourth-order valence-corrected chi connectivity index (χ4v) is 1.99. The highest BCUT2D eigenvalue weighted by Crippen LogP contribution is 2.10. The lowest BCUT2D eigenvalue weighted by molar-refractivity contribution is -0.143. The first-order valence-corrected chi connectivity index (χ1v) is 6.62. The van der Waals surface area contributed by atoms with Crippen LogP contribution in [-0.2, 0) is 14.4 Å². The normalized spacial score (nSPS) is 16.2. The van der Waals surface area contributed by atoms with Crippen molar-refractivity contribution in [3.8, 4) is 0 Å². The molecule has 1 unspecified atom stereocenters. The average Bonchev–Trinajstić information content (AvgIpc) is 2.71. The highest BCUT2D eigenvalue weighted by molar-refractivity contribution is 6.44. The molecule has 0 spiro atoms. The number of carbonyl (C=O) groups is 4. The number of likely N-dealkylation sites (N-methyl/N-ethyl adjacent to an activating group) is 1. The Labute approximate surface area is 126 Å². The largest absolute Gasteiger partial charge is 0.353 e. The van der Waals surface area contributed by atoms with Crippen LogP contribution in [-0.4, -0.2) is 53.7 Å². The summed E-state index contributed by atoms with van der Waals surface area (Å²) in [6, 6.07) is 7.97. The Morgan fingerprint density at radius 3 is 2.36 bits per heavy atom. The van der Waals surface area contributed by atoms with Gasteiger partial charge in [0, 0.05) is 19.6 Å². The van der Waals surface area contributed by atoms with E-state index >= 15 is 0 Å². The summed E-state index contributed by atoms with van der Waals surface area (Å²) in [5.41, 5.74) is 6.78. The Balaban J connectivity index is 1.87. The third-order valence-electron chi connectivity index (χ3n) is 3.30. The van der Waals surface area contributed by atoms with Crippen molar-refractivity contribution in [1.29, 1.82) is 0 Å². The lowest BCUT2D eigenvalue weighted by atomic mass is 10.1. The molecule has 0 aromatic heterocycles. The SMILES string of the molecule is CN1C(=O)C(=O)N(CC(=O)NCC(N)c2ccccc2)C1=O. The van der Waals surface area contributed by atoms with Crippen LogP contribution in [0.3, 0.4) is 0 Å². The van der Waals surface area contributed by atoms with Gasteiger partial charge in [-0.05, 0) is 5.56 Å². The molecule has 116 valence electrons. The van der Waals surface area contributed by atoms with E-state index in [0.717, 1.165) is 5.56 Å². The van der Waals surface area contributed by atoms with Gasteiger partial charge in [0.25, 0.3) is 0 Å². The van der Waals surface area contributed by atoms with E-state index in [-0.39, 0.29) is 6.54 Å². The van der Waals surface area contributed by atoms with Gasteiger partial charge in [-0.25, -0.2) is 9.69 Å². The Morgan fingerprint density at radius 2 is 1.82 bits per heavy atom. The first-order valence-electron chi connectivity index (χ1n) is 6.62. The van der Waals surface area contributed by atoms with Gasteiger partial charge in [0.2, 0.25) is 5.91 Å². The van der Waals surface area contributed by atoms with Crippen LogP contribution in [0.1, 0.15) is 11.6 Å². The van der Waals surface area contributed by atoms with E-state index in [2.05, 4.69) is 5.32 Å². The molecule has 1 aromatic carbocycles.